The fourth-order valence-corrected chi connectivity index (χ4v) is 3.33. The summed E-state index contributed by atoms with van der Waals surface area (Å²) >= 11 is 0. The molecule has 2 aromatic rings. The maximum Gasteiger partial charge on any atom is 0.315 e. The Hall–Kier alpha value is -2.93. The van der Waals surface area contributed by atoms with Gasteiger partial charge in [0, 0.05) is 39.3 Å². The summed E-state index contributed by atoms with van der Waals surface area (Å²) in [5.74, 6) is -0.396. The highest BCUT2D eigenvalue weighted by molar-refractivity contribution is 5.84. The standard InChI is InChI=1S/C22H27FN4O2/c23-20-9-7-18(8-10-20)15-24-22(29)25-16-21(28)27-12-4-11-26(13-14-27)17-19-5-2-1-3-6-19/h1-3,5-10H,4,11-17H2,(H2,24,25,29). The van der Waals surface area contributed by atoms with Crippen LogP contribution in [0.15, 0.2) is 54.6 Å². The number of amides is 3. The van der Waals surface area contributed by atoms with Crippen LogP contribution in [0.1, 0.15) is 17.5 Å². The molecular formula is C22H27FN4O2. The van der Waals surface area contributed by atoms with E-state index in [1.807, 2.05) is 23.1 Å². The lowest BCUT2D eigenvalue weighted by molar-refractivity contribution is -0.129. The lowest BCUT2D eigenvalue weighted by atomic mass is 10.2. The van der Waals surface area contributed by atoms with E-state index in [2.05, 4.69) is 27.7 Å². The Morgan fingerprint density at radius 2 is 1.62 bits per heavy atom. The number of hydrogen-bond donors (Lipinski definition) is 2. The van der Waals surface area contributed by atoms with E-state index in [0.29, 0.717) is 13.1 Å². The van der Waals surface area contributed by atoms with Gasteiger partial charge >= 0.3 is 6.03 Å². The maximum atomic E-state index is 12.9. The highest BCUT2D eigenvalue weighted by Crippen LogP contribution is 2.09. The van der Waals surface area contributed by atoms with Gasteiger partial charge in [0.2, 0.25) is 5.91 Å². The highest BCUT2D eigenvalue weighted by Gasteiger charge is 2.19. The highest BCUT2D eigenvalue weighted by atomic mass is 19.1. The molecule has 154 valence electrons. The van der Waals surface area contributed by atoms with Crippen molar-refractivity contribution in [3.8, 4) is 0 Å². The predicted octanol–water partition coefficient (Wildman–Crippen LogP) is 2.36. The van der Waals surface area contributed by atoms with Crippen LogP contribution in [-0.2, 0) is 17.9 Å². The first kappa shape index (κ1) is 20.8. The molecule has 0 aromatic heterocycles. The van der Waals surface area contributed by atoms with Crippen LogP contribution >= 0.6 is 0 Å². The minimum absolute atomic E-state index is 0.0338. The molecule has 3 rings (SSSR count). The summed E-state index contributed by atoms with van der Waals surface area (Å²) in [4.78, 5) is 28.5. The molecular weight excluding hydrogens is 371 g/mol. The van der Waals surface area contributed by atoms with Crippen LogP contribution in [-0.4, -0.2) is 54.5 Å². The first-order valence-electron chi connectivity index (χ1n) is 9.90. The number of hydrogen-bond acceptors (Lipinski definition) is 3. The number of urea groups is 1. The summed E-state index contributed by atoms with van der Waals surface area (Å²) in [5, 5.41) is 5.28. The average molecular weight is 398 g/mol. The minimum Gasteiger partial charge on any atom is -0.340 e. The first-order valence-corrected chi connectivity index (χ1v) is 9.90. The molecule has 0 saturated carbocycles. The van der Waals surface area contributed by atoms with Crippen LogP contribution in [0.5, 0.6) is 0 Å². The van der Waals surface area contributed by atoms with Crippen molar-refractivity contribution in [3.63, 3.8) is 0 Å². The van der Waals surface area contributed by atoms with Gasteiger partial charge in [-0.25, -0.2) is 9.18 Å². The van der Waals surface area contributed by atoms with Crippen LogP contribution in [0.4, 0.5) is 9.18 Å². The largest absolute Gasteiger partial charge is 0.340 e. The van der Waals surface area contributed by atoms with Crippen molar-refractivity contribution in [1.82, 2.24) is 20.4 Å². The smallest absolute Gasteiger partial charge is 0.315 e. The molecule has 0 unspecified atom stereocenters. The van der Waals surface area contributed by atoms with Crippen LogP contribution in [0.25, 0.3) is 0 Å². The van der Waals surface area contributed by atoms with Crippen molar-refractivity contribution in [2.45, 2.75) is 19.5 Å². The number of carbonyl (C=O) groups excluding carboxylic acids is 2. The van der Waals surface area contributed by atoms with Gasteiger partial charge in [-0.05, 0) is 29.7 Å². The lowest BCUT2D eigenvalue weighted by Crippen LogP contribution is -2.44. The topological polar surface area (TPSA) is 64.7 Å². The van der Waals surface area contributed by atoms with Gasteiger partial charge in [0.1, 0.15) is 5.82 Å². The molecule has 29 heavy (non-hydrogen) atoms. The summed E-state index contributed by atoms with van der Waals surface area (Å²) in [6.45, 7) is 4.24. The third-order valence-corrected chi connectivity index (χ3v) is 4.96. The molecule has 1 aliphatic rings. The minimum atomic E-state index is -0.414. The lowest BCUT2D eigenvalue weighted by Gasteiger charge is -2.22. The number of nitrogens with zero attached hydrogens (tertiary/aromatic N) is 2. The van der Waals surface area contributed by atoms with E-state index in [-0.39, 0.29) is 24.8 Å². The monoisotopic (exact) mass is 398 g/mol. The zero-order chi connectivity index (χ0) is 20.5. The van der Waals surface area contributed by atoms with Crippen LogP contribution in [0.2, 0.25) is 0 Å². The second kappa shape index (κ2) is 10.6. The summed E-state index contributed by atoms with van der Waals surface area (Å²) < 4.78 is 12.9. The third-order valence-electron chi connectivity index (χ3n) is 4.96. The molecule has 0 bridgehead atoms. The van der Waals surface area contributed by atoms with E-state index in [0.717, 1.165) is 31.6 Å². The molecule has 1 fully saturated rings. The van der Waals surface area contributed by atoms with Crippen molar-refractivity contribution in [2.75, 3.05) is 32.7 Å². The molecule has 1 heterocycles. The molecule has 7 heteroatoms. The summed E-state index contributed by atoms with van der Waals surface area (Å²) in [5.41, 5.74) is 2.06. The third kappa shape index (κ3) is 6.87. The molecule has 0 atom stereocenters. The Labute approximate surface area is 170 Å². The SMILES string of the molecule is O=C(NCC(=O)N1CCCN(Cc2ccccc2)CC1)NCc1ccc(F)cc1. The van der Waals surface area contributed by atoms with Crippen molar-refractivity contribution < 1.29 is 14.0 Å². The molecule has 0 radical (unpaired) electrons. The molecule has 1 saturated heterocycles. The molecule has 2 N–H and O–H groups in total. The van der Waals surface area contributed by atoms with E-state index in [4.69, 9.17) is 0 Å². The van der Waals surface area contributed by atoms with Gasteiger partial charge < -0.3 is 15.5 Å². The van der Waals surface area contributed by atoms with E-state index in [1.54, 1.807) is 12.1 Å². The average Bonchev–Trinajstić information content (AvgIpc) is 2.98. The Kier molecular flexibility index (Phi) is 7.58. The molecule has 1 aliphatic heterocycles. The Morgan fingerprint density at radius 1 is 0.862 bits per heavy atom. The Bertz CT molecular complexity index is 798. The molecule has 6 nitrogen and oxygen atoms in total. The van der Waals surface area contributed by atoms with E-state index in [1.165, 1.54) is 17.7 Å². The quantitative estimate of drug-likeness (QED) is 0.785. The number of halogens is 1. The number of rotatable bonds is 6. The number of carbonyl (C=O) groups is 2. The summed E-state index contributed by atoms with van der Waals surface area (Å²) in [7, 11) is 0. The molecule has 2 aromatic carbocycles. The molecule has 3 amide bonds. The van der Waals surface area contributed by atoms with Gasteiger partial charge in [0.05, 0.1) is 6.54 Å². The summed E-state index contributed by atoms with van der Waals surface area (Å²) in [6.07, 6.45) is 0.912. The Morgan fingerprint density at radius 3 is 2.38 bits per heavy atom. The molecule has 0 aliphatic carbocycles. The maximum absolute atomic E-state index is 12.9. The van der Waals surface area contributed by atoms with Gasteiger partial charge in [-0.2, -0.15) is 0 Å². The Balaban J connectivity index is 1.37. The van der Waals surface area contributed by atoms with Crippen molar-refractivity contribution >= 4 is 11.9 Å². The van der Waals surface area contributed by atoms with Crippen molar-refractivity contribution in [1.29, 1.82) is 0 Å². The second-order valence-electron chi connectivity index (χ2n) is 7.16. The predicted molar refractivity (Wildman–Crippen MR) is 110 cm³/mol. The van der Waals surface area contributed by atoms with E-state index >= 15 is 0 Å². The van der Waals surface area contributed by atoms with E-state index < -0.39 is 6.03 Å². The van der Waals surface area contributed by atoms with Crippen LogP contribution in [0.3, 0.4) is 0 Å². The van der Waals surface area contributed by atoms with Crippen molar-refractivity contribution in [3.05, 3.63) is 71.5 Å². The van der Waals surface area contributed by atoms with Gasteiger partial charge in [-0.1, -0.05) is 42.5 Å². The summed E-state index contributed by atoms with van der Waals surface area (Å²) in [6, 6.07) is 15.8. The van der Waals surface area contributed by atoms with E-state index in [9.17, 15) is 14.0 Å². The second-order valence-corrected chi connectivity index (χ2v) is 7.16. The molecule has 0 spiro atoms. The van der Waals surface area contributed by atoms with Gasteiger partial charge in [0.15, 0.2) is 0 Å². The first-order chi connectivity index (χ1) is 14.1. The van der Waals surface area contributed by atoms with Crippen LogP contribution < -0.4 is 10.6 Å². The normalized spacial score (nSPS) is 14.9. The fourth-order valence-electron chi connectivity index (χ4n) is 3.33. The fraction of sp³-hybridized carbons (Fsp3) is 0.364. The van der Waals surface area contributed by atoms with Crippen molar-refractivity contribution in [2.24, 2.45) is 0 Å². The van der Waals surface area contributed by atoms with Gasteiger partial charge in [-0.3, -0.25) is 9.69 Å². The van der Waals surface area contributed by atoms with Gasteiger partial charge in [-0.15, -0.1) is 0 Å². The van der Waals surface area contributed by atoms with Crippen LogP contribution in [0, 0.1) is 5.82 Å². The van der Waals surface area contributed by atoms with Gasteiger partial charge in [0.25, 0.3) is 0 Å². The zero-order valence-corrected chi connectivity index (χ0v) is 16.4. The zero-order valence-electron chi connectivity index (χ0n) is 16.4. The number of benzene rings is 2. The number of nitrogens with one attached hydrogen (secondary N) is 2.